The molecule has 0 heterocycles. The first kappa shape index (κ1) is 12.4. The molecule has 0 N–H and O–H groups in total. The number of benzene rings is 1. The van der Waals surface area contributed by atoms with Gasteiger partial charge in [0.25, 0.3) is 0 Å². The summed E-state index contributed by atoms with van der Waals surface area (Å²) in [4.78, 5) is 0. The summed E-state index contributed by atoms with van der Waals surface area (Å²) in [5.41, 5.74) is 0.657. The maximum atomic E-state index is 13.1. The van der Waals surface area contributed by atoms with E-state index in [4.69, 9.17) is 4.74 Å². The summed E-state index contributed by atoms with van der Waals surface area (Å²) in [6.45, 7) is 4.03. The van der Waals surface area contributed by atoms with Gasteiger partial charge in [0.05, 0.1) is 6.10 Å². The average molecular weight is 236 g/mol. The lowest BCUT2D eigenvalue weighted by molar-refractivity contribution is 0.130. The summed E-state index contributed by atoms with van der Waals surface area (Å²) in [6.07, 6.45) is 6.40. The first-order valence-electron chi connectivity index (χ1n) is 6.62. The van der Waals surface area contributed by atoms with E-state index < -0.39 is 0 Å². The van der Waals surface area contributed by atoms with Crippen molar-refractivity contribution in [1.29, 1.82) is 0 Å². The molecule has 1 aromatic rings. The highest BCUT2D eigenvalue weighted by Gasteiger charge is 2.21. The minimum atomic E-state index is -0.160. The van der Waals surface area contributed by atoms with E-state index in [1.807, 2.05) is 0 Å². The van der Waals surface area contributed by atoms with Crippen molar-refractivity contribution >= 4 is 0 Å². The molecule has 0 amide bonds. The second-order valence-corrected chi connectivity index (χ2v) is 5.08. The molecule has 1 aliphatic carbocycles. The first-order chi connectivity index (χ1) is 8.19. The Morgan fingerprint density at radius 3 is 2.53 bits per heavy atom. The van der Waals surface area contributed by atoms with E-state index in [0.717, 1.165) is 24.5 Å². The molecular formula is C15H21FO. The number of aryl methyl sites for hydroxylation is 1. The van der Waals surface area contributed by atoms with Crippen molar-refractivity contribution in [2.75, 3.05) is 0 Å². The number of rotatable bonds is 3. The Bertz CT molecular complexity index is 367. The van der Waals surface area contributed by atoms with E-state index in [-0.39, 0.29) is 5.82 Å². The molecule has 0 spiro atoms. The van der Waals surface area contributed by atoms with Crippen LogP contribution in [0.1, 0.15) is 44.6 Å². The zero-order valence-corrected chi connectivity index (χ0v) is 10.7. The molecule has 0 aromatic heterocycles. The lowest BCUT2D eigenvalue weighted by atomic mass is 9.86. The van der Waals surface area contributed by atoms with Gasteiger partial charge < -0.3 is 4.74 Å². The third kappa shape index (κ3) is 3.21. The molecule has 1 aromatic carbocycles. The molecule has 1 saturated carbocycles. The van der Waals surface area contributed by atoms with Gasteiger partial charge in [-0.25, -0.2) is 4.39 Å². The van der Waals surface area contributed by atoms with E-state index in [0.29, 0.717) is 11.7 Å². The Morgan fingerprint density at radius 1 is 1.24 bits per heavy atom. The number of hydrogen-bond donors (Lipinski definition) is 0. The van der Waals surface area contributed by atoms with Gasteiger partial charge in [-0.1, -0.05) is 13.3 Å². The van der Waals surface area contributed by atoms with Gasteiger partial charge in [0.1, 0.15) is 11.6 Å². The molecule has 2 rings (SSSR count). The Morgan fingerprint density at radius 2 is 1.94 bits per heavy atom. The van der Waals surface area contributed by atoms with Gasteiger partial charge in [0.15, 0.2) is 0 Å². The van der Waals surface area contributed by atoms with Crippen LogP contribution in [0, 0.1) is 18.7 Å². The van der Waals surface area contributed by atoms with Crippen LogP contribution in [0.3, 0.4) is 0 Å². The van der Waals surface area contributed by atoms with Gasteiger partial charge in [-0.3, -0.25) is 0 Å². The molecule has 1 aliphatic rings. The van der Waals surface area contributed by atoms with Crippen LogP contribution in [0.2, 0.25) is 0 Å². The van der Waals surface area contributed by atoms with Crippen molar-refractivity contribution in [3.05, 3.63) is 29.6 Å². The largest absolute Gasteiger partial charge is 0.490 e. The Kier molecular flexibility index (Phi) is 4.03. The molecule has 17 heavy (non-hydrogen) atoms. The van der Waals surface area contributed by atoms with Crippen molar-refractivity contribution in [2.24, 2.45) is 5.92 Å². The van der Waals surface area contributed by atoms with Crippen LogP contribution in [0.25, 0.3) is 0 Å². The van der Waals surface area contributed by atoms with Crippen LogP contribution in [0.15, 0.2) is 18.2 Å². The van der Waals surface area contributed by atoms with Crippen LogP contribution >= 0.6 is 0 Å². The first-order valence-corrected chi connectivity index (χ1v) is 6.62. The van der Waals surface area contributed by atoms with Crippen LogP contribution in [-0.2, 0) is 0 Å². The van der Waals surface area contributed by atoms with E-state index in [2.05, 4.69) is 6.92 Å². The smallest absolute Gasteiger partial charge is 0.126 e. The van der Waals surface area contributed by atoms with Crippen LogP contribution in [-0.4, -0.2) is 6.10 Å². The van der Waals surface area contributed by atoms with Gasteiger partial charge in [-0.15, -0.1) is 0 Å². The molecular weight excluding hydrogens is 215 g/mol. The van der Waals surface area contributed by atoms with Gasteiger partial charge in [0.2, 0.25) is 0 Å². The summed E-state index contributed by atoms with van der Waals surface area (Å²) in [5, 5.41) is 0. The van der Waals surface area contributed by atoms with Crippen molar-refractivity contribution in [3.63, 3.8) is 0 Å². The monoisotopic (exact) mass is 236 g/mol. The minimum Gasteiger partial charge on any atom is -0.490 e. The number of halogens is 1. The van der Waals surface area contributed by atoms with Crippen molar-refractivity contribution in [2.45, 2.75) is 52.1 Å². The van der Waals surface area contributed by atoms with E-state index in [1.54, 1.807) is 19.1 Å². The van der Waals surface area contributed by atoms with Gasteiger partial charge in [0, 0.05) is 0 Å². The fourth-order valence-electron chi connectivity index (χ4n) is 2.54. The van der Waals surface area contributed by atoms with Crippen molar-refractivity contribution in [1.82, 2.24) is 0 Å². The second-order valence-electron chi connectivity index (χ2n) is 5.08. The number of ether oxygens (including phenoxy) is 1. The summed E-state index contributed by atoms with van der Waals surface area (Å²) in [5.74, 6) is 1.53. The molecule has 1 fully saturated rings. The summed E-state index contributed by atoms with van der Waals surface area (Å²) in [6, 6.07) is 5.01. The molecule has 0 radical (unpaired) electrons. The fraction of sp³-hybridized carbons (Fsp3) is 0.600. The normalized spacial score (nSPS) is 24.6. The van der Waals surface area contributed by atoms with Crippen LogP contribution in [0.5, 0.6) is 5.75 Å². The third-order valence-electron chi connectivity index (χ3n) is 3.80. The Hall–Kier alpha value is -1.05. The standard InChI is InChI=1S/C15H21FO/c1-3-12-4-6-13(7-5-12)17-14-8-9-15(16)11(2)10-14/h8-10,12-13H,3-7H2,1-2H3. The summed E-state index contributed by atoms with van der Waals surface area (Å²) < 4.78 is 19.0. The maximum absolute atomic E-state index is 13.1. The quantitative estimate of drug-likeness (QED) is 0.751. The topological polar surface area (TPSA) is 9.23 Å². The SMILES string of the molecule is CCC1CCC(Oc2ccc(F)c(C)c2)CC1. The fourth-order valence-corrected chi connectivity index (χ4v) is 2.54. The van der Waals surface area contributed by atoms with E-state index in [1.165, 1.54) is 25.3 Å². The highest BCUT2D eigenvalue weighted by Crippen LogP contribution is 2.29. The maximum Gasteiger partial charge on any atom is 0.126 e. The molecule has 0 saturated heterocycles. The zero-order chi connectivity index (χ0) is 12.3. The molecule has 0 aliphatic heterocycles. The summed E-state index contributed by atoms with van der Waals surface area (Å²) in [7, 11) is 0. The van der Waals surface area contributed by atoms with Crippen molar-refractivity contribution < 1.29 is 9.13 Å². The van der Waals surface area contributed by atoms with E-state index in [9.17, 15) is 4.39 Å². The zero-order valence-electron chi connectivity index (χ0n) is 10.7. The van der Waals surface area contributed by atoms with Crippen LogP contribution < -0.4 is 4.74 Å². The molecule has 0 atom stereocenters. The molecule has 0 unspecified atom stereocenters. The third-order valence-corrected chi connectivity index (χ3v) is 3.80. The predicted molar refractivity (Wildman–Crippen MR) is 67.8 cm³/mol. The Labute approximate surface area is 103 Å². The lowest BCUT2D eigenvalue weighted by Gasteiger charge is -2.28. The van der Waals surface area contributed by atoms with Gasteiger partial charge in [-0.2, -0.15) is 0 Å². The lowest BCUT2D eigenvalue weighted by Crippen LogP contribution is -2.23. The van der Waals surface area contributed by atoms with Gasteiger partial charge >= 0.3 is 0 Å². The van der Waals surface area contributed by atoms with Crippen LogP contribution in [0.4, 0.5) is 4.39 Å². The van der Waals surface area contributed by atoms with Crippen molar-refractivity contribution in [3.8, 4) is 5.75 Å². The highest BCUT2D eigenvalue weighted by atomic mass is 19.1. The highest BCUT2D eigenvalue weighted by molar-refractivity contribution is 5.29. The van der Waals surface area contributed by atoms with E-state index >= 15 is 0 Å². The average Bonchev–Trinajstić information content (AvgIpc) is 2.35. The second kappa shape index (κ2) is 5.52. The minimum absolute atomic E-state index is 0.160. The Balaban J connectivity index is 1.91. The van der Waals surface area contributed by atoms with Gasteiger partial charge in [-0.05, 0) is 62.3 Å². The molecule has 0 bridgehead atoms. The number of hydrogen-bond acceptors (Lipinski definition) is 1. The predicted octanol–water partition coefficient (Wildman–Crippen LogP) is 4.48. The molecule has 2 heteroatoms. The molecule has 94 valence electrons. The molecule has 1 nitrogen and oxygen atoms in total. The summed E-state index contributed by atoms with van der Waals surface area (Å²) >= 11 is 0.